The summed E-state index contributed by atoms with van der Waals surface area (Å²) in [7, 11) is 0. The molecule has 92 valence electrons. The van der Waals surface area contributed by atoms with E-state index in [0.717, 1.165) is 30.5 Å². The van der Waals surface area contributed by atoms with Crippen LogP contribution in [0.15, 0.2) is 0 Å². The summed E-state index contributed by atoms with van der Waals surface area (Å²) in [5.74, 6) is 1.35. The van der Waals surface area contributed by atoms with Gasteiger partial charge in [-0.1, -0.05) is 19.3 Å². The first-order valence-electron chi connectivity index (χ1n) is 6.58. The first-order chi connectivity index (χ1) is 7.86. The Hall–Kier alpha value is -0.0200. The van der Waals surface area contributed by atoms with Crippen molar-refractivity contribution in [2.45, 2.75) is 50.2 Å². The van der Waals surface area contributed by atoms with Crippen LogP contribution < -0.4 is 0 Å². The van der Waals surface area contributed by atoms with Crippen LogP contribution in [0.25, 0.3) is 0 Å². The van der Waals surface area contributed by atoms with Crippen molar-refractivity contribution in [3.05, 3.63) is 0 Å². The lowest BCUT2D eigenvalue weighted by molar-refractivity contribution is -0.124. The molecular weight excluding hydrogens is 220 g/mol. The Balaban J connectivity index is 1.65. The second-order valence-corrected chi connectivity index (χ2v) is 6.24. The summed E-state index contributed by atoms with van der Waals surface area (Å²) < 4.78 is 5.36. The van der Waals surface area contributed by atoms with Crippen molar-refractivity contribution in [3.63, 3.8) is 0 Å². The Kier molecular flexibility index (Phi) is 5.17. The van der Waals surface area contributed by atoms with Gasteiger partial charge in [0.1, 0.15) is 5.78 Å². The van der Waals surface area contributed by atoms with Crippen molar-refractivity contribution >= 4 is 17.5 Å². The minimum Gasteiger partial charge on any atom is -0.381 e. The summed E-state index contributed by atoms with van der Waals surface area (Å²) in [5.41, 5.74) is 0. The first-order valence-corrected chi connectivity index (χ1v) is 7.63. The lowest BCUT2D eigenvalue weighted by Gasteiger charge is -2.23. The monoisotopic (exact) mass is 242 g/mol. The first kappa shape index (κ1) is 12.4. The molecule has 2 aliphatic rings. The third-order valence-corrected chi connectivity index (χ3v) is 5.02. The van der Waals surface area contributed by atoms with Crippen LogP contribution in [-0.4, -0.2) is 30.0 Å². The van der Waals surface area contributed by atoms with E-state index < -0.39 is 0 Å². The normalized spacial score (nSPS) is 27.9. The molecule has 0 radical (unpaired) electrons. The summed E-state index contributed by atoms with van der Waals surface area (Å²) in [4.78, 5) is 11.9. The maximum atomic E-state index is 11.9. The number of ketones is 1. The molecule has 1 heterocycles. The molecule has 1 atom stereocenters. The molecular formula is C13H22O2S. The van der Waals surface area contributed by atoms with E-state index in [2.05, 4.69) is 0 Å². The van der Waals surface area contributed by atoms with Gasteiger partial charge < -0.3 is 4.74 Å². The van der Waals surface area contributed by atoms with Gasteiger partial charge in [-0.25, -0.2) is 0 Å². The van der Waals surface area contributed by atoms with E-state index in [4.69, 9.17) is 4.74 Å². The number of thioether (sulfide) groups is 1. The van der Waals surface area contributed by atoms with Gasteiger partial charge in [0.05, 0.1) is 12.4 Å². The second kappa shape index (κ2) is 6.65. The topological polar surface area (TPSA) is 26.3 Å². The molecule has 0 spiro atoms. The van der Waals surface area contributed by atoms with Crippen LogP contribution in [0, 0.1) is 5.92 Å². The van der Waals surface area contributed by atoms with Gasteiger partial charge >= 0.3 is 0 Å². The Morgan fingerprint density at radius 2 is 1.94 bits per heavy atom. The molecule has 1 saturated heterocycles. The fourth-order valence-corrected chi connectivity index (χ4v) is 3.85. The number of ether oxygens (including phenoxy) is 1. The highest BCUT2D eigenvalue weighted by atomic mass is 32.2. The highest BCUT2D eigenvalue weighted by Crippen LogP contribution is 2.29. The quantitative estimate of drug-likeness (QED) is 0.758. The number of hydrogen-bond donors (Lipinski definition) is 0. The Bertz CT molecular complexity index is 218. The second-order valence-electron chi connectivity index (χ2n) is 4.95. The van der Waals surface area contributed by atoms with Gasteiger partial charge in [0.2, 0.25) is 0 Å². The Morgan fingerprint density at radius 3 is 2.62 bits per heavy atom. The molecule has 0 aromatic carbocycles. The van der Waals surface area contributed by atoms with Crippen molar-refractivity contribution in [3.8, 4) is 0 Å². The van der Waals surface area contributed by atoms with E-state index in [9.17, 15) is 4.79 Å². The van der Waals surface area contributed by atoms with Crippen LogP contribution in [-0.2, 0) is 9.53 Å². The zero-order chi connectivity index (χ0) is 11.2. The van der Waals surface area contributed by atoms with Crippen LogP contribution in [0.4, 0.5) is 0 Å². The molecule has 1 unspecified atom stereocenters. The molecule has 0 N–H and O–H groups in total. The number of carbonyl (C=O) groups is 1. The molecule has 0 bridgehead atoms. The zero-order valence-corrected chi connectivity index (χ0v) is 10.8. The third kappa shape index (κ3) is 3.77. The van der Waals surface area contributed by atoms with Crippen LogP contribution >= 0.6 is 11.8 Å². The molecule has 2 rings (SSSR count). The smallest absolute Gasteiger partial charge is 0.148 e. The van der Waals surface area contributed by atoms with Crippen LogP contribution in [0.1, 0.15) is 44.9 Å². The molecule has 0 aromatic rings. The van der Waals surface area contributed by atoms with E-state index in [0.29, 0.717) is 12.4 Å². The maximum Gasteiger partial charge on any atom is 0.148 e. The number of hydrogen-bond acceptors (Lipinski definition) is 3. The van der Waals surface area contributed by atoms with Gasteiger partial charge in [-0.05, 0) is 25.7 Å². The van der Waals surface area contributed by atoms with Crippen LogP contribution in [0.2, 0.25) is 0 Å². The lowest BCUT2D eigenvalue weighted by Crippen LogP contribution is -2.27. The van der Waals surface area contributed by atoms with Crippen molar-refractivity contribution in [2.24, 2.45) is 5.92 Å². The summed E-state index contributed by atoms with van der Waals surface area (Å²) in [5, 5.41) is 0.752. The van der Waals surface area contributed by atoms with Gasteiger partial charge in [-0.2, -0.15) is 11.8 Å². The van der Waals surface area contributed by atoms with E-state index in [-0.39, 0.29) is 5.92 Å². The SMILES string of the molecule is O=C(CSC1CCCCC1)C1CCCOC1. The molecule has 2 fully saturated rings. The standard InChI is InChI=1S/C13H22O2S/c14-13(11-5-4-8-15-9-11)10-16-12-6-2-1-3-7-12/h11-12H,1-10H2. The van der Waals surface area contributed by atoms with E-state index in [1.807, 2.05) is 11.8 Å². The highest BCUT2D eigenvalue weighted by molar-refractivity contribution is 8.00. The maximum absolute atomic E-state index is 11.9. The molecule has 1 saturated carbocycles. The minimum atomic E-state index is 0.199. The largest absolute Gasteiger partial charge is 0.381 e. The molecule has 1 aliphatic carbocycles. The van der Waals surface area contributed by atoms with E-state index in [1.54, 1.807) is 0 Å². The molecule has 0 aromatic heterocycles. The molecule has 3 heteroatoms. The Morgan fingerprint density at radius 1 is 1.12 bits per heavy atom. The van der Waals surface area contributed by atoms with Crippen LogP contribution in [0.5, 0.6) is 0 Å². The van der Waals surface area contributed by atoms with E-state index >= 15 is 0 Å². The van der Waals surface area contributed by atoms with Gasteiger partial charge in [-0.15, -0.1) is 0 Å². The van der Waals surface area contributed by atoms with Crippen molar-refractivity contribution in [1.82, 2.24) is 0 Å². The Labute approximate surface area is 103 Å². The minimum absolute atomic E-state index is 0.199. The number of Topliss-reactive ketones (excluding diaryl/α,β-unsaturated/α-hetero) is 1. The van der Waals surface area contributed by atoms with Gasteiger partial charge in [0.15, 0.2) is 0 Å². The fourth-order valence-electron chi connectivity index (χ4n) is 2.54. The van der Waals surface area contributed by atoms with Crippen molar-refractivity contribution in [1.29, 1.82) is 0 Å². The summed E-state index contributed by atoms with van der Waals surface area (Å²) in [6, 6.07) is 0. The zero-order valence-electron chi connectivity index (χ0n) is 9.95. The number of rotatable bonds is 4. The number of carbonyl (C=O) groups excluding carboxylic acids is 1. The predicted molar refractivity (Wildman–Crippen MR) is 67.9 cm³/mol. The van der Waals surface area contributed by atoms with Crippen molar-refractivity contribution in [2.75, 3.05) is 19.0 Å². The predicted octanol–water partition coefficient (Wildman–Crippen LogP) is 3.05. The lowest BCUT2D eigenvalue weighted by atomic mass is 9.98. The summed E-state index contributed by atoms with van der Waals surface area (Å²) >= 11 is 1.89. The average Bonchev–Trinajstić information content (AvgIpc) is 2.38. The van der Waals surface area contributed by atoms with Crippen molar-refractivity contribution < 1.29 is 9.53 Å². The molecule has 2 nitrogen and oxygen atoms in total. The summed E-state index contributed by atoms with van der Waals surface area (Å²) in [6.45, 7) is 1.52. The fraction of sp³-hybridized carbons (Fsp3) is 0.923. The molecule has 0 amide bonds. The van der Waals surface area contributed by atoms with Crippen LogP contribution in [0.3, 0.4) is 0 Å². The van der Waals surface area contributed by atoms with Gasteiger partial charge in [0.25, 0.3) is 0 Å². The molecule has 1 aliphatic heterocycles. The highest BCUT2D eigenvalue weighted by Gasteiger charge is 2.23. The molecule has 16 heavy (non-hydrogen) atoms. The summed E-state index contributed by atoms with van der Waals surface area (Å²) in [6.07, 6.45) is 8.85. The van der Waals surface area contributed by atoms with Gasteiger partial charge in [0, 0.05) is 17.8 Å². The van der Waals surface area contributed by atoms with E-state index in [1.165, 1.54) is 32.1 Å². The average molecular weight is 242 g/mol. The third-order valence-electron chi connectivity index (χ3n) is 3.63. The van der Waals surface area contributed by atoms with Gasteiger partial charge in [-0.3, -0.25) is 4.79 Å².